The molecule has 0 aliphatic carbocycles. The molecule has 0 atom stereocenters. The Labute approximate surface area is 122 Å². The fourth-order valence-corrected chi connectivity index (χ4v) is 1.95. The molecule has 0 saturated carbocycles. The molecule has 1 aromatic heterocycles. The highest BCUT2D eigenvalue weighted by Gasteiger charge is 2.27. The molecule has 1 saturated heterocycles. The lowest BCUT2D eigenvalue weighted by Gasteiger charge is -2.15. The Morgan fingerprint density at radius 3 is 2.86 bits per heavy atom. The molecule has 8 nitrogen and oxygen atoms in total. The van der Waals surface area contributed by atoms with Crippen molar-refractivity contribution in [3.8, 4) is 0 Å². The molecule has 0 unspecified atom stereocenters. The van der Waals surface area contributed by atoms with E-state index in [2.05, 4.69) is 20.9 Å². The van der Waals surface area contributed by atoms with E-state index in [-0.39, 0.29) is 18.5 Å². The molecule has 114 valence electrons. The number of hydrogen-bond acceptors (Lipinski definition) is 4. The molecule has 1 aliphatic rings. The van der Waals surface area contributed by atoms with Crippen LogP contribution >= 0.6 is 0 Å². The summed E-state index contributed by atoms with van der Waals surface area (Å²) in [4.78, 5) is 28.0. The highest BCUT2D eigenvalue weighted by molar-refractivity contribution is 6.01. The minimum atomic E-state index is -0.345. The smallest absolute Gasteiger partial charge is 0.324 e. The summed E-state index contributed by atoms with van der Waals surface area (Å²) < 4.78 is 5.23. The zero-order chi connectivity index (χ0) is 15.1. The van der Waals surface area contributed by atoms with Gasteiger partial charge in [-0.25, -0.2) is 4.79 Å². The number of guanidine groups is 1. The number of rotatable bonds is 6. The first-order valence-corrected chi connectivity index (χ1v) is 6.76. The molecule has 0 spiro atoms. The zero-order valence-corrected chi connectivity index (χ0v) is 11.9. The molecule has 8 heteroatoms. The predicted molar refractivity (Wildman–Crippen MR) is 76.9 cm³/mol. The average molecular weight is 293 g/mol. The monoisotopic (exact) mass is 293 g/mol. The second kappa shape index (κ2) is 7.32. The Balaban J connectivity index is 1.66. The highest BCUT2D eigenvalue weighted by atomic mass is 16.3. The van der Waals surface area contributed by atoms with Crippen molar-refractivity contribution in [3.05, 3.63) is 24.2 Å². The molecule has 1 fully saturated rings. The third kappa shape index (κ3) is 4.23. The topological polar surface area (TPSA) is 99.0 Å². The van der Waals surface area contributed by atoms with Crippen molar-refractivity contribution in [3.63, 3.8) is 0 Å². The summed E-state index contributed by atoms with van der Waals surface area (Å²) in [5.41, 5.74) is 0. The number of urea groups is 1. The van der Waals surface area contributed by atoms with Gasteiger partial charge >= 0.3 is 6.03 Å². The molecule has 2 rings (SSSR count). The van der Waals surface area contributed by atoms with Crippen molar-refractivity contribution in [2.24, 2.45) is 4.99 Å². The molecule has 3 N–H and O–H groups in total. The van der Waals surface area contributed by atoms with Crippen LogP contribution in [-0.4, -0.2) is 56.0 Å². The maximum Gasteiger partial charge on any atom is 0.324 e. The van der Waals surface area contributed by atoms with E-state index in [0.717, 1.165) is 12.2 Å². The molecular weight excluding hydrogens is 274 g/mol. The molecular formula is C13H19N5O3. The lowest BCUT2D eigenvalue weighted by Crippen LogP contribution is -2.43. The third-order valence-electron chi connectivity index (χ3n) is 3.03. The Morgan fingerprint density at radius 2 is 2.24 bits per heavy atom. The van der Waals surface area contributed by atoms with Crippen molar-refractivity contribution in [2.45, 2.75) is 6.42 Å². The number of carbonyl (C=O) groups excluding carboxylic acids is 2. The number of nitrogens with one attached hydrogen (secondary N) is 3. The summed E-state index contributed by atoms with van der Waals surface area (Å²) in [6.45, 7) is 1.51. The predicted octanol–water partition coefficient (Wildman–Crippen LogP) is -0.461. The van der Waals surface area contributed by atoms with Gasteiger partial charge < -0.3 is 20.4 Å². The lowest BCUT2D eigenvalue weighted by atomic mass is 10.3. The van der Waals surface area contributed by atoms with Crippen LogP contribution in [0.4, 0.5) is 4.79 Å². The van der Waals surface area contributed by atoms with Gasteiger partial charge in [0, 0.05) is 33.1 Å². The van der Waals surface area contributed by atoms with E-state index in [1.807, 2.05) is 12.1 Å². The molecule has 0 bridgehead atoms. The third-order valence-corrected chi connectivity index (χ3v) is 3.03. The lowest BCUT2D eigenvalue weighted by molar-refractivity contribution is -0.124. The van der Waals surface area contributed by atoms with Crippen LogP contribution in [0, 0.1) is 0 Å². The molecule has 21 heavy (non-hydrogen) atoms. The second-order valence-electron chi connectivity index (χ2n) is 4.46. The van der Waals surface area contributed by atoms with Crippen molar-refractivity contribution in [1.82, 2.24) is 20.9 Å². The highest BCUT2D eigenvalue weighted by Crippen LogP contribution is 1.99. The van der Waals surface area contributed by atoms with Gasteiger partial charge in [0.15, 0.2) is 5.96 Å². The largest absolute Gasteiger partial charge is 0.469 e. The number of amides is 3. The van der Waals surface area contributed by atoms with E-state index in [1.165, 1.54) is 4.90 Å². The fraction of sp³-hybridized carbons (Fsp3) is 0.462. The number of nitrogens with zero attached hydrogens (tertiary/aromatic N) is 2. The number of carbonyl (C=O) groups is 2. The van der Waals surface area contributed by atoms with Crippen LogP contribution in [0.2, 0.25) is 0 Å². The second-order valence-corrected chi connectivity index (χ2v) is 4.46. The van der Waals surface area contributed by atoms with E-state index < -0.39 is 0 Å². The summed E-state index contributed by atoms with van der Waals surface area (Å²) >= 11 is 0. The minimum Gasteiger partial charge on any atom is -0.469 e. The molecule has 0 radical (unpaired) electrons. The summed E-state index contributed by atoms with van der Waals surface area (Å²) in [6.07, 6.45) is 2.39. The summed E-state index contributed by atoms with van der Waals surface area (Å²) in [7, 11) is 1.66. The van der Waals surface area contributed by atoms with Gasteiger partial charge in [-0.2, -0.15) is 0 Å². The van der Waals surface area contributed by atoms with Gasteiger partial charge in [0.25, 0.3) is 0 Å². The zero-order valence-electron chi connectivity index (χ0n) is 11.9. The van der Waals surface area contributed by atoms with Crippen LogP contribution in [0.15, 0.2) is 27.8 Å². The van der Waals surface area contributed by atoms with Gasteiger partial charge in [-0.15, -0.1) is 0 Å². The summed E-state index contributed by atoms with van der Waals surface area (Å²) in [6, 6.07) is 3.42. The van der Waals surface area contributed by atoms with Gasteiger partial charge in [-0.05, 0) is 12.1 Å². The van der Waals surface area contributed by atoms with Crippen molar-refractivity contribution < 1.29 is 14.0 Å². The Morgan fingerprint density at radius 1 is 1.43 bits per heavy atom. The number of imide groups is 1. The quantitative estimate of drug-likeness (QED) is 0.374. The Bertz CT molecular complexity index is 496. The van der Waals surface area contributed by atoms with Crippen LogP contribution in [0.3, 0.4) is 0 Å². The average Bonchev–Trinajstić information content (AvgIpc) is 3.10. The normalized spacial score (nSPS) is 15.3. The minimum absolute atomic E-state index is 0.0783. The van der Waals surface area contributed by atoms with Gasteiger partial charge in [0.2, 0.25) is 5.91 Å². The van der Waals surface area contributed by atoms with Crippen LogP contribution in [0.1, 0.15) is 5.76 Å². The molecule has 1 aromatic rings. The fourth-order valence-electron chi connectivity index (χ4n) is 1.95. The molecule has 2 heterocycles. The molecule has 0 aromatic carbocycles. The summed E-state index contributed by atoms with van der Waals surface area (Å²) in [5.74, 6) is 1.31. The molecule has 1 aliphatic heterocycles. The maximum absolute atomic E-state index is 11.4. The van der Waals surface area contributed by atoms with Gasteiger partial charge in [0.05, 0.1) is 12.8 Å². The summed E-state index contributed by atoms with van der Waals surface area (Å²) in [5, 5.41) is 8.66. The van der Waals surface area contributed by atoms with Crippen molar-refractivity contribution in [1.29, 1.82) is 0 Å². The van der Waals surface area contributed by atoms with Gasteiger partial charge in [0.1, 0.15) is 5.76 Å². The van der Waals surface area contributed by atoms with E-state index in [4.69, 9.17) is 4.42 Å². The van der Waals surface area contributed by atoms with Crippen LogP contribution in [-0.2, 0) is 11.2 Å². The first-order chi connectivity index (χ1) is 10.2. The van der Waals surface area contributed by atoms with Crippen molar-refractivity contribution in [2.75, 3.05) is 33.2 Å². The number of furan rings is 1. The van der Waals surface area contributed by atoms with Gasteiger partial charge in [-0.3, -0.25) is 14.7 Å². The first kappa shape index (κ1) is 14.9. The number of hydrogen-bond donors (Lipinski definition) is 3. The van der Waals surface area contributed by atoms with Gasteiger partial charge in [-0.1, -0.05) is 0 Å². The van der Waals surface area contributed by atoms with E-state index >= 15 is 0 Å². The standard InChI is InChI=1S/C13H19N5O3/c1-14-12(15-5-4-10-3-2-8-21-10)16-6-7-18-11(19)9-17-13(18)20/h2-3,8H,4-7,9H2,1H3,(H,17,20)(H2,14,15,16). The van der Waals surface area contributed by atoms with E-state index in [1.54, 1.807) is 13.3 Å². The van der Waals surface area contributed by atoms with E-state index in [0.29, 0.717) is 25.6 Å². The van der Waals surface area contributed by atoms with Crippen molar-refractivity contribution >= 4 is 17.9 Å². The van der Waals surface area contributed by atoms with Crippen LogP contribution < -0.4 is 16.0 Å². The first-order valence-electron chi connectivity index (χ1n) is 6.76. The Kier molecular flexibility index (Phi) is 5.19. The van der Waals surface area contributed by atoms with E-state index in [9.17, 15) is 9.59 Å². The SMILES string of the molecule is CN=C(NCCc1ccco1)NCCN1C(=O)CNC1=O. The van der Waals surface area contributed by atoms with Crippen LogP contribution in [0.25, 0.3) is 0 Å². The maximum atomic E-state index is 11.4. The van der Waals surface area contributed by atoms with Crippen LogP contribution in [0.5, 0.6) is 0 Å². The Hall–Kier alpha value is -2.51. The number of aliphatic imine (C=N–C) groups is 1. The molecule has 3 amide bonds.